The van der Waals surface area contributed by atoms with Crippen LogP contribution in [0, 0.1) is 0 Å². The molecule has 106 valence electrons. The van der Waals surface area contributed by atoms with E-state index in [1.807, 2.05) is 0 Å². The molecule has 0 aliphatic carbocycles. The zero-order valence-electron chi connectivity index (χ0n) is 10.3. The molecular weight excluding hydrogens is 382 g/mol. The van der Waals surface area contributed by atoms with Crippen molar-refractivity contribution in [1.29, 1.82) is 0 Å². The van der Waals surface area contributed by atoms with Gasteiger partial charge in [-0.2, -0.15) is 0 Å². The maximum absolute atomic E-state index is 11.6. The maximum Gasteiger partial charge on any atom is 0.258 e. The molecule has 0 radical (unpaired) electrons. The van der Waals surface area contributed by atoms with Gasteiger partial charge < -0.3 is 20.3 Å². The number of benzene rings is 1. The first-order chi connectivity index (χ1) is 8.90. The Balaban J connectivity index is 2.55. The van der Waals surface area contributed by atoms with Crippen LogP contribution in [0.25, 0.3) is 0 Å². The maximum atomic E-state index is 11.6. The van der Waals surface area contributed by atoms with Gasteiger partial charge in [0, 0.05) is 4.47 Å². The van der Waals surface area contributed by atoms with Gasteiger partial charge in [-0.3, -0.25) is 4.79 Å². The number of hydrogen-bond donors (Lipinski definition) is 3. The molecule has 0 aromatic heterocycles. The van der Waals surface area contributed by atoms with Gasteiger partial charge in [0.1, 0.15) is 5.75 Å². The van der Waals surface area contributed by atoms with Crippen molar-refractivity contribution in [2.75, 3.05) is 19.8 Å². The number of amides is 1. The summed E-state index contributed by atoms with van der Waals surface area (Å²) in [5.41, 5.74) is -1.04. The zero-order chi connectivity index (χ0) is 14.5. The van der Waals surface area contributed by atoms with Crippen LogP contribution in [-0.2, 0) is 4.79 Å². The molecule has 0 heterocycles. The van der Waals surface area contributed by atoms with Crippen LogP contribution >= 0.6 is 31.9 Å². The van der Waals surface area contributed by atoms with Crippen LogP contribution in [0.15, 0.2) is 27.1 Å². The highest BCUT2D eigenvalue weighted by Gasteiger charge is 2.24. The Morgan fingerprint density at radius 3 is 2.53 bits per heavy atom. The second-order valence-corrected chi connectivity index (χ2v) is 6.06. The van der Waals surface area contributed by atoms with Crippen LogP contribution in [0.3, 0.4) is 0 Å². The molecular formula is C12H15Br2NO4. The predicted molar refractivity (Wildman–Crippen MR) is 78.1 cm³/mol. The number of carbonyl (C=O) groups excluding carboxylic acids is 1. The highest BCUT2D eigenvalue weighted by Crippen LogP contribution is 2.28. The van der Waals surface area contributed by atoms with Crippen LogP contribution in [0.1, 0.15) is 6.92 Å². The molecule has 3 N–H and O–H groups in total. The molecule has 0 saturated heterocycles. The minimum absolute atomic E-state index is 0.199. The average molecular weight is 397 g/mol. The first-order valence-electron chi connectivity index (χ1n) is 5.51. The lowest BCUT2D eigenvalue weighted by molar-refractivity contribution is -0.126. The first-order valence-corrected chi connectivity index (χ1v) is 7.09. The molecule has 0 unspecified atom stereocenters. The van der Waals surface area contributed by atoms with Crippen molar-refractivity contribution in [2.45, 2.75) is 12.5 Å². The van der Waals surface area contributed by atoms with Gasteiger partial charge in [-0.1, -0.05) is 15.9 Å². The van der Waals surface area contributed by atoms with Crippen molar-refractivity contribution in [3.05, 3.63) is 27.1 Å². The summed E-state index contributed by atoms with van der Waals surface area (Å²) in [4.78, 5) is 11.6. The average Bonchev–Trinajstić information content (AvgIpc) is 2.37. The van der Waals surface area contributed by atoms with Crippen molar-refractivity contribution < 1.29 is 19.7 Å². The van der Waals surface area contributed by atoms with E-state index in [0.717, 1.165) is 8.95 Å². The van der Waals surface area contributed by atoms with E-state index in [1.165, 1.54) is 0 Å². The van der Waals surface area contributed by atoms with E-state index in [0.29, 0.717) is 5.75 Å². The number of carbonyl (C=O) groups is 1. The van der Waals surface area contributed by atoms with Crippen LogP contribution in [0.5, 0.6) is 5.75 Å². The van der Waals surface area contributed by atoms with Crippen molar-refractivity contribution in [2.24, 2.45) is 0 Å². The number of aliphatic hydroxyl groups excluding tert-OH is 2. The molecule has 0 aliphatic heterocycles. The lowest BCUT2D eigenvalue weighted by Gasteiger charge is -2.26. The Bertz CT molecular complexity index is 449. The molecule has 0 bridgehead atoms. The highest BCUT2D eigenvalue weighted by molar-refractivity contribution is 9.11. The van der Waals surface area contributed by atoms with E-state index in [4.69, 9.17) is 14.9 Å². The third kappa shape index (κ3) is 5.10. The number of hydrogen-bond acceptors (Lipinski definition) is 4. The lowest BCUT2D eigenvalue weighted by atomic mass is 10.1. The summed E-state index contributed by atoms with van der Waals surface area (Å²) in [5.74, 6) is 0.119. The number of rotatable bonds is 6. The van der Waals surface area contributed by atoms with Crippen LogP contribution in [0.4, 0.5) is 0 Å². The number of halogens is 2. The van der Waals surface area contributed by atoms with E-state index in [2.05, 4.69) is 37.2 Å². The Morgan fingerprint density at radius 1 is 1.37 bits per heavy atom. The van der Waals surface area contributed by atoms with Crippen molar-refractivity contribution >= 4 is 37.8 Å². The van der Waals surface area contributed by atoms with Gasteiger partial charge in [0.05, 0.1) is 23.2 Å². The molecule has 0 fully saturated rings. The second-order valence-electron chi connectivity index (χ2n) is 4.29. The molecule has 0 saturated carbocycles. The lowest BCUT2D eigenvalue weighted by Crippen LogP contribution is -2.53. The zero-order valence-corrected chi connectivity index (χ0v) is 13.5. The van der Waals surface area contributed by atoms with E-state index >= 15 is 0 Å². The molecule has 7 heteroatoms. The van der Waals surface area contributed by atoms with Crippen molar-refractivity contribution in [3.63, 3.8) is 0 Å². The molecule has 0 aliphatic rings. The highest BCUT2D eigenvalue weighted by atomic mass is 79.9. The standard InChI is InChI=1S/C12H15Br2NO4/c1-12(6-16,7-17)15-11(18)5-19-10-3-2-8(13)4-9(10)14/h2-4,16-17H,5-7H2,1H3,(H,15,18). The van der Waals surface area contributed by atoms with E-state index in [9.17, 15) is 4.79 Å². The Morgan fingerprint density at radius 2 is 2.00 bits per heavy atom. The second kappa shape index (κ2) is 7.23. The van der Waals surface area contributed by atoms with Crippen molar-refractivity contribution in [3.8, 4) is 5.75 Å². The monoisotopic (exact) mass is 395 g/mol. The fourth-order valence-corrected chi connectivity index (χ4v) is 2.40. The molecule has 1 amide bonds. The molecule has 0 atom stereocenters. The van der Waals surface area contributed by atoms with Gasteiger partial charge >= 0.3 is 0 Å². The van der Waals surface area contributed by atoms with Gasteiger partial charge in [-0.15, -0.1) is 0 Å². The molecule has 0 spiro atoms. The first kappa shape index (κ1) is 16.4. The van der Waals surface area contributed by atoms with E-state index < -0.39 is 11.4 Å². The van der Waals surface area contributed by atoms with E-state index in [1.54, 1.807) is 25.1 Å². The Hall–Kier alpha value is -0.630. The smallest absolute Gasteiger partial charge is 0.258 e. The topological polar surface area (TPSA) is 78.8 Å². The predicted octanol–water partition coefficient (Wildman–Crippen LogP) is 1.45. The fraction of sp³-hybridized carbons (Fsp3) is 0.417. The van der Waals surface area contributed by atoms with Gasteiger partial charge in [0.2, 0.25) is 0 Å². The van der Waals surface area contributed by atoms with Crippen LogP contribution in [-0.4, -0.2) is 41.5 Å². The summed E-state index contributed by atoms with van der Waals surface area (Å²) in [6.45, 7) is 0.644. The number of nitrogens with one attached hydrogen (secondary N) is 1. The number of ether oxygens (including phenoxy) is 1. The molecule has 5 nitrogen and oxygen atoms in total. The van der Waals surface area contributed by atoms with Crippen LogP contribution in [0.2, 0.25) is 0 Å². The minimum Gasteiger partial charge on any atom is -0.483 e. The Kier molecular flexibility index (Phi) is 6.25. The van der Waals surface area contributed by atoms with Crippen LogP contribution < -0.4 is 10.1 Å². The molecule has 1 aromatic carbocycles. The molecule has 19 heavy (non-hydrogen) atoms. The fourth-order valence-electron chi connectivity index (χ4n) is 1.24. The Labute approximate surface area is 128 Å². The van der Waals surface area contributed by atoms with Gasteiger partial charge in [-0.25, -0.2) is 0 Å². The third-order valence-electron chi connectivity index (χ3n) is 2.39. The summed E-state index contributed by atoms with van der Waals surface area (Å²) in [7, 11) is 0. The number of aliphatic hydroxyl groups is 2. The minimum atomic E-state index is -1.04. The summed E-state index contributed by atoms with van der Waals surface area (Å²) in [5, 5.41) is 20.6. The van der Waals surface area contributed by atoms with Gasteiger partial charge in [0.25, 0.3) is 5.91 Å². The summed E-state index contributed by atoms with van der Waals surface area (Å²) >= 11 is 6.63. The normalized spacial score (nSPS) is 11.2. The van der Waals surface area contributed by atoms with E-state index in [-0.39, 0.29) is 19.8 Å². The molecule has 1 rings (SSSR count). The summed E-state index contributed by atoms with van der Waals surface area (Å²) in [6, 6.07) is 5.32. The summed E-state index contributed by atoms with van der Waals surface area (Å²) in [6.07, 6.45) is 0. The largest absolute Gasteiger partial charge is 0.483 e. The van der Waals surface area contributed by atoms with Gasteiger partial charge in [0.15, 0.2) is 6.61 Å². The third-order valence-corrected chi connectivity index (χ3v) is 3.50. The molecule has 1 aromatic rings. The van der Waals surface area contributed by atoms with Gasteiger partial charge in [-0.05, 0) is 41.1 Å². The SMILES string of the molecule is CC(CO)(CO)NC(=O)COc1ccc(Br)cc1Br. The quantitative estimate of drug-likeness (QED) is 0.680. The van der Waals surface area contributed by atoms with Crippen molar-refractivity contribution in [1.82, 2.24) is 5.32 Å². The summed E-state index contributed by atoms with van der Waals surface area (Å²) < 4.78 is 6.96.